The van der Waals surface area contributed by atoms with E-state index in [0.29, 0.717) is 27.1 Å². The van der Waals surface area contributed by atoms with E-state index in [1.807, 2.05) is 12.1 Å². The number of ketones is 1. The van der Waals surface area contributed by atoms with Gasteiger partial charge in [-0.25, -0.2) is 4.79 Å². The van der Waals surface area contributed by atoms with Crippen molar-refractivity contribution in [1.29, 1.82) is 0 Å². The van der Waals surface area contributed by atoms with Gasteiger partial charge in [0.2, 0.25) is 0 Å². The van der Waals surface area contributed by atoms with Crippen molar-refractivity contribution in [2.24, 2.45) is 0 Å². The predicted octanol–water partition coefficient (Wildman–Crippen LogP) is 5.57. The van der Waals surface area contributed by atoms with E-state index in [1.165, 1.54) is 6.08 Å². The van der Waals surface area contributed by atoms with Crippen molar-refractivity contribution >= 4 is 33.8 Å². The third-order valence-electron chi connectivity index (χ3n) is 3.96. The molecule has 0 bridgehead atoms. The Kier molecular flexibility index (Phi) is 6.40. The molecule has 0 N–H and O–H groups in total. The van der Waals surface area contributed by atoms with E-state index in [0.717, 1.165) is 5.56 Å². The third-order valence-corrected chi connectivity index (χ3v) is 4.66. The number of esters is 1. The number of halogens is 1. The van der Waals surface area contributed by atoms with Crippen molar-refractivity contribution in [3.8, 4) is 11.5 Å². The molecule has 0 heterocycles. The number of hydrogen-bond acceptors (Lipinski definition) is 4. The van der Waals surface area contributed by atoms with E-state index in [1.54, 1.807) is 73.8 Å². The Morgan fingerprint density at radius 2 is 1.64 bits per heavy atom. The molecule has 3 aromatic carbocycles. The van der Waals surface area contributed by atoms with Gasteiger partial charge in [-0.05, 0) is 76.1 Å². The molecule has 0 spiro atoms. The number of ether oxygens (including phenoxy) is 2. The molecule has 0 aliphatic carbocycles. The molecule has 4 nitrogen and oxygen atoms in total. The zero-order valence-corrected chi connectivity index (χ0v) is 16.7. The van der Waals surface area contributed by atoms with Gasteiger partial charge >= 0.3 is 5.97 Å². The lowest BCUT2D eigenvalue weighted by Crippen LogP contribution is -2.09. The Balaban J connectivity index is 1.70. The summed E-state index contributed by atoms with van der Waals surface area (Å²) in [6.07, 6.45) is 3.17. The maximum Gasteiger partial charge on any atom is 0.344 e. The summed E-state index contributed by atoms with van der Waals surface area (Å²) in [4.78, 5) is 24.6. The molecule has 3 rings (SSSR count). The highest BCUT2D eigenvalue weighted by atomic mass is 79.9. The van der Waals surface area contributed by atoms with Crippen LogP contribution in [0, 0.1) is 0 Å². The topological polar surface area (TPSA) is 52.6 Å². The number of carbonyl (C=O) groups excluding carboxylic acids is 2. The van der Waals surface area contributed by atoms with Crippen LogP contribution in [0.2, 0.25) is 0 Å². The summed E-state index contributed by atoms with van der Waals surface area (Å²) in [5, 5.41) is 0. The molecule has 28 heavy (non-hydrogen) atoms. The molecule has 0 atom stereocenters. The van der Waals surface area contributed by atoms with Gasteiger partial charge in [0.15, 0.2) is 5.78 Å². The Morgan fingerprint density at radius 1 is 0.893 bits per heavy atom. The molecule has 0 amide bonds. The highest BCUT2D eigenvalue weighted by Crippen LogP contribution is 2.21. The number of rotatable bonds is 6. The molecule has 0 unspecified atom stereocenters. The minimum absolute atomic E-state index is 0.127. The van der Waals surface area contributed by atoms with Crippen LogP contribution in [0.1, 0.15) is 26.3 Å². The van der Waals surface area contributed by atoms with Crippen molar-refractivity contribution in [3.63, 3.8) is 0 Å². The van der Waals surface area contributed by atoms with E-state index in [2.05, 4.69) is 15.9 Å². The summed E-state index contributed by atoms with van der Waals surface area (Å²) in [5.74, 6) is 0.515. The first-order valence-corrected chi connectivity index (χ1v) is 9.29. The lowest BCUT2D eigenvalue weighted by Gasteiger charge is -2.06. The van der Waals surface area contributed by atoms with Gasteiger partial charge < -0.3 is 9.47 Å². The normalized spacial score (nSPS) is 10.6. The lowest BCUT2D eigenvalue weighted by molar-refractivity contribution is 0.0733. The van der Waals surface area contributed by atoms with Crippen LogP contribution < -0.4 is 9.47 Å². The number of carbonyl (C=O) groups is 2. The molecule has 3 aromatic rings. The molecule has 0 fully saturated rings. The van der Waals surface area contributed by atoms with E-state index < -0.39 is 5.97 Å². The number of hydrogen-bond donors (Lipinski definition) is 0. The summed E-state index contributed by atoms with van der Waals surface area (Å²) in [5.41, 5.74) is 1.76. The monoisotopic (exact) mass is 436 g/mol. The van der Waals surface area contributed by atoms with Crippen LogP contribution in [0.15, 0.2) is 83.3 Å². The van der Waals surface area contributed by atoms with Crippen molar-refractivity contribution < 1.29 is 19.1 Å². The van der Waals surface area contributed by atoms with Crippen molar-refractivity contribution in [2.45, 2.75) is 0 Å². The van der Waals surface area contributed by atoms with Crippen molar-refractivity contribution in [2.75, 3.05) is 7.11 Å². The average Bonchev–Trinajstić information content (AvgIpc) is 2.72. The molecule has 0 radical (unpaired) electrons. The molecule has 0 aliphatic heterocycles. The predicted molar refractivity (Wildman–Crippen MR) is 112 cm³/mol. The largest absolute Gasteiger partial charge is 0.497 e. The van der Waals surface area contributed by atoms with Gasteiger partial charge in [0.05, 0.1) is 12.7 Å². The molecule has 0 aromatic heterocycles. The van der Waals surface area contributed by atoms with Gasteiger partial charge in [0.1, 0.15) is 11.5 Å². The zero-order chi connectivity index (χ0) is 19.9. The molecule has 140 valence electrons. The highest BCUT2D eigenvalue weighted by molar-refractivity contribution is 9.10. The molecule has 5 heteroatoms. The first-order chi connectivity index (χ1) is 13.6. The van der Waals surface area contributed by atoms with Crippen LogP contribution >= 0.6 is 15.9 Å². The molecule has 0 saturated heterocycles. The summed E-state index contributed by atoms with van der Waals surface area (Å²) in [6, 6.07) is 20.9. The number of allylic oxidation sites excluding steroid dienone is 1. The van der Waals surface area contributed by atoms with Crippen LogP contribution in [0.3, 0.4) is 0 Å². The molecule has 0 saturated carbocycles. The van der Waals surface area contributed by atoms with Crippen LogP contribution in [0.5, 0.6) is 11.5 Å². The van der Waals surface area contributed by atoms with Gasteiger partial charge in [0.25, 0.3) is 0 Å². The SMILES string of the molecule is COc1ccc(C(=O)/C=C/c2cccc(OC(=O)c3ccccc3Br)c2)cc1. The second kappa shape index (κ2) is 9.15. The zero-order valence-electron chi connectivity index (χ0n) is 15.1. The summed E-state index contributed by atoms with van der Waals surface area (Å²) in [6.45, 7) is 0. The fourth-order valence-electron chi connectivity index (χ4n) is 2.49. The summed E-state index contributed by atoms with van der Waals surface area (Å²) in [7, 11) is 1.58. The Bertz CT molecular complexity index is 1020. The van der Waals surface area contributed by atoms with Crippen LogP contribution in [0.25, 0.3) is 6.08 Å². The fourth-order valence-corrected chi connectivity index (χ4v) is 2.94. The van der Waals surface area contributed by atoms with Gasteiger partial charge in [-0.1, -0.05) is 30.3 Å². The quantitative estimate of drug-likeness (QED) is 0.219. The standard InChI is InChI=1S/C23H17BrO4/c1-27-18-12-10-17(11-13-18)22(25)14-9-16-5-4-6-19(15-16)28-23(26)20-7-2-3-8-21(20)24/h2-15H,1H3/b14-9+. The highest BCUT2D eigenvalue weighted by Gasteiger charge is 2.12. The molecular weight excluding hydrogens is 420 g/mol. The summed E-state index contributed by atoms with van der Waals surface area (Å²) >= 11 is 3.34. The fraction of sp³-hybridized carbons (Fsp3) is 0.0435. The lowest BCUT2D eigenvalue weighted by atomic mass is 10.1. The van der Waals surface area contributed by atoms with Crippen LogP contribution in [-0.2, 0) is 0 Å². The number of methoxy groups -OCH3 is 1. The first kappa shape index (κ1) is 19.6. The minimum atomic E-state index is -0.456. The van der Waals surface area contributed by atoms with Gasteiger partial charge in [0, 0.05) is 10.0 Å². The van der Waals surface area contributed by atoms with Gasteiger partial charge in [-0.3, -0.25) is 4.79 Å². The second-order valence-corrected chi connectivity index (χ2v) is 6.72. The maximum absolute atomic E-state index is 12.3. The Labute approximate surface area is 171 Å². The minimum Gasteiger partial charge on any atom is -0.497 e. The Morgan fingerprint density at radius 3 is 2.36 bits per heavy atom. The average molecular weight is 437 g/mol. The maximum atomic E-state index is 12.3. The second-order valence-electron chi connectivity index (χ2n) is 5.87. The van der Waals surface area contributed by atoms with Crippen molar-refractivity contribution in [1.82, 2.24) is 0 Å². The summed E-state index contributed by atoms with van der Waals surface area (Å²) < 4.78 is 11.2. The van der Waals surface area contributed by atoms with Gasteiger partial charge in [-0.2, -0.15) is 0 Å². The van der Waals surface area contributed by atoms with Crippen LogP contribution in [0.4, 0.5) is 0 Å². The smallest absolute Gasteiger partial charge is 0.344 e. The van der Waals surface area contributed by atoms with Crippen LogP contribution in [-0.4, -0.2) is 18.9 Å². The van der Waals surface area contributed by atoms with E-state index in [4.69, 9.17) is 9.47 Å². The first-order valence-electron chi connectivity index (χ1n) is 8.50. The van der Waals surface area contributed by atoms with E-state index in [9.17, 15) is 9.59 Å². The number of benzene rings is 3. The molecular formula is C23H17BrO4. The molecule has 0 aliphatic rings. The third kappa shape index (κ3) is 4.96. The van der Waals surface area contributed by atoms with E-state index >= 15 is 0 Å². The Hall–Kier alpha value is -3.18. The van der Waals surface area contributed by atoms with Gasteiger partial charge in [-0.15, -0.1) is 0 Å². The van der Waals surface area contributed by atoms with Crippen molar-refractivity contribution in [3.05, 3.63) is 100 Å². The van der Waals surface area contributed by atoms with E-state index in [-0.39, 0.29) is 5.78 Å².